The van der Waals surface area contributed by atoms with Crippen LogP contribution in [0.4, 0.5) is 0 Å². The van der Waals surface area contributed by atoms with Gasteiger partial charge in [-0.2, -0.15) is 0 Å². The number of thiazole rings is 1. The average Bonchev–Trinajstić information content (AvgIpc) is 2.99. The summed E-state index contributed by atoms with van der Waals surface area (Å²) in [5.41, 5.74) is 6.93. The molecule has 0 spiro atoms. The summed E-state index contributed by atoms with van der Waals surface area (Å²) in [6.07, 6.45) is 0.954. The lowest BCUT2D eigenvalue weighted by molar-refractivity contribution is -0.129. The lowest BCUT2D eigenvalue weighted by Crippen LogP contribution is -2.42. The third kappa shape index (κ3) is 5.12. The lowest BCUT2D eigenvalue weighted by Gasteiger charge is -2.05. The molecule has 8 heteroatoms. The molecule has 0 atom stereocenters. The number of hydrazine groups is 1. The topological polar surface area (TPSA) is 97.4 Å². The fourth-order valence-electron chi connectivity index (χ4n) is 1.98. The first kappa shape index (κ1) is 18.6. The fourth-order valence-corrected chi connectivity index (χ4v) is 2.95. The summed E-state index contributed by atoms with van der Waals surface area (Å²) in [5.74, 6) is -1.66. The Kier molecular flexibility index (Phi) is 6.24. The smallest absolute Gasteiger partial charge is 0.350 e. The molecule has 0 fully saturated rings. The van der Waals surface area contributed by atoms with Gasteiger partial charge >= 0.3 is 5.97 Å². The SMILES string of the molecule is CCc1ccc(-c2nc(C)c(C(=O)OCC(=O)NNC(C)=O)s2)cc1. The quantitative estimate of drug-likeness (QED) is 0.627. The number of aryl methyl sites for hydroxylation is 2. The van der Waals surface area contributed by atoms with Crippen molar-refractivity contribution in [3.63, 3.8) is 0 Å². The normalized spacial score (nSPS) is 10.2. The van der Waals surface area contributed by atoms with Crippen molar-refractivity contribution in [3.05, 3.63) is 40.4 Å². The molecule has 7 nitrogen and oxygen atoms in total. The van der Waals surface area contributed by atoms with Crippen molar-refractivity contribution in [2.24, 2.45) is 0 Å². The molecule has 0 aliphatic carbocycles. The van der Waals surface area contributed by atoms with Gasteiger partial charge in [-0.05, 0) is 18.9 Å². The molecule has 2 amide bonds. The van der Waals surface area contributed by atoms with Crippen LogP contribution in [0.2, 0.25) is 0 Å². The molecule has 25 heavy (non-hydrogen) atoms. The Labute approximate surface area is 149 Å². The van der Waals surface area contributed by atoms with Crippen LogP contribution in [-0.4, -0.2) is 29.4 Å². The molecule has 1 aromatic heterocycles. The summed E-state index contributed by atoms with van der Waals surface area (Å²) in [5, 5.41) is 0.717. The summed E-state index contributed by atoms with van der Waals surface area (Å²) in [6, 6.07) is 7.98. The van der Waals surface area contributed by atoms with Crippen LogP contribution in [0.25, 0.3) is 10.6 Å². The second-order valence-corrected chi connectivity index (χ2v) is 6.29. The predicted molar refractivity (Wildman–Crippen MR) is 93.9 cm³/mol. The first-order chi connectivity index (χ1) is 11.9. The Morgan fingerprint density at radius 1 is 1.16 bits per heavy atom. The van der Waals surface area contributed by atoms with Gasteiger partial charge in [-0.3, -0.25) is 20.4 Å². The minimum absolute atomic E-state index is 0.349. The highest BCUT2D eigenvalue weighted by Gasteiger charge is 2.18. The maximum absolute atomic E-state index is 12.1. The average molecular weight is 361 g/mol. The van der Waals surface area contributed by atoms with Gasteiger partial charge in [0.25, 0.3) is 5.91 Å². The summed E-state index contributed by atoms with van der Waals surface area (Å²) in [6.45, 7) is 4.56. The highest BCUT2D eigenvalue weighted by Crippen LogP contribution is 2.28. The first-order valence-corrected chi connectivity index (χ1v) is 8.51. The molecular weight excluding hydrogens is 342 g/mol. The van der Waals surface area contributed by atoms with E-state index in [1.54, 1.807) is 6.92 Å². The van der Waals surface area contributed by atoms with Gasteiger partial charge in [-0.15, -0.1) is 11.3 Å². The molecule has 0 aliphatic heterocycles. The summed E-state index contributed by atoms with van der Waals surface area (Å²) < 4.78 is 4.96. The fraction of sp³-hybridized carbons (Fsp3) is 0.294. The summed E-state index contributed by atoms with van der Waals surface area (Å²) in [7, 11) is 0. The van der Waals surface area contributed by atoms with E-state index in [0.717, 1.165) is 17.0 Å². The van der Waals surface area contributed by atoms with E-state index in [2.05, 4.69) is 22.8 Å². The van der Waals surface area contributed by atoms with Crippen molar-refractivity contribution in [1.82, 2.24) is 15.8 Å². The summed E-state index contributed by atoms with van der Waals surface area (Å²) in [4.78, 5) is 39.0. The second kappa shape index (κ2) is 8.39. The Morgan fingerprint density at radius 3 is 2.44 bits per heavy atom. The van der Waals surface area contributed by atoms with E-state index in [0.29, 0.717) is 10.6 Å². The molecule has 2 N–H and O–H groups in total. The van der Waals surface area contributed by atoms with Crippen molar-refractivity contribution in [2.45, 2.75) is 27.2 Å². The minimum Gasteiger partial charge on any atom is -0.451 e. The van der Waals surface area contributed by atoms with Gasteiger partial charge in [0, 0.05) is 12.5 Å². The highest BCUT2D eigenvalue weighted by atomic mass is 32.1. The van der Waals surface area contributed by atoms with Gasteiger partial charge in [-0.1, -0.05) is 31.2 Å². The Hall–Kier alpha value is -2.74. The Bertz CT molecular complexity index is 784. The van der Waals surface area contributed by atoms with Crippen LogP contribution < -0.4 is 10.9 Å². The van der Waals surface area contributed by atoms with E-state index in [1.807, 2.05) is 24.3 Å². The van der Waals surface area contributed by atoms with E-state index in [9.17, 15) is 14.4 Å². The number of carbonyl (C=O) groups excluding carboxylic acids is 3. The molecule has 0 unspecified atom stereocenters. The van der Waals surface area contributed by atoms with Crippen LogP contribution in [0.15, 0.2) is 24.3 Å². The number of hydrogen-bond acceptors (Lipinski definition) is 6. The van der Waals surface area contributed by atoms with Crippen LogP contribution in [-0.2, 0) is 20.7 Å². The molecule has 1 aromatic carbocycles. The number of amides is 2. The number of rotatable bonds is 5. The van der Waals surface area contributed by atoms with E-state index in [4.69, 9.17) is 4.74 Å². The Balaban J connectivity index is 2.02. The zero-order valence-corrected chi connectivity index (χ0v) is 15.0. The maximum atomic E-state index is 12.1. The monoisotopic (exact) mass is 361 g/mol. The second-order valence-electron chi connectivity index (χ2n) is 5.29. The molecule has 0 radical (unpaired) electrons. The van der Waals surface area contributed by atoms with Gasteiger partial charge in [0.05, 0.1) is 5.69 Å². The van der Waals surface area contributed by atoms with Crippen molar-refractivity contribution >= 4 is 29.1 Å². The number of carbonyl (C=O) groups is 3. The molecule has 132 valence electrons. The Morgan fingerprint density at radius 2 is 1.84 bits per heavy atom. The molecule has 0 saturated carbocycles. The van der Waals surface area contributed by atoms with E-state index < -0.39 is 24.4 Å². The van der Waals surface area contributed by atoms with Gasteiger partial charge in [0.2, 0.25) is 5.91 Å². The number of benzene rings is 1. The maximum Gasteiger partial charge on any atom is 0.350 e. The molecule has 0 bridgehead atoms. The number of ether oxygens (including phenoxy) is 1. The molecule has 0 aliphatic rings. The number of esters is 1. The van der Waals surface area contributed by atoms with Gasteiger partial charge in [-0.25, -0.2) is 9.78 Å². The molecule has 0 saturated heterocycles. The third-order valence-corrected chi connectivity index (χ3v) is 4.49. The zero-order valence-electron chi connectivity index (χ0n) is 14.2. The van der Waals surface area contributed by atoms with E-state index >= 15 is 0 Å². The van der Waals surface area contributed by atoms with E-state index in [-0.39, 0.29) is 0 Å². The standard InChI is InChI=1S/C17H19N3O4S/c1-4-12-5-7-13(8-6-12)16-18-10(2)15(25-16)17(23)24-9-14(22)20-19-11(3)21/h5-8H,4,9H2,1-3H3,(H,19,21)(H,20,22). The zero-order chi connectivity index (χ0) is 18.4. The predicted octanol–water partition coefficient (Wildman–Crippen LogP) is 2.01. The third-order valence-electron chi connectivity index (χ3n) is 3.30. The molecule has 2 aromatic rings. The lowest BCUT2D eigenvalue weighted by atomic mass is 10.1. The minimum atomic E-state index is -0.624. The number of nitrogens with one attached hydrogen (secondary N) is 2. The summed E-state index contributed by atoms with van der Waals surface area (Å²) >= 11 is 1.22. The largest absolute Gasteiger partial charge is 0.451 e. The van der Waals surface area contributed by atoms with Crippen molar-refractivity contribution in [3.8, 4) is 10.6 Å². The highest BCUT2D eigenvalue weighted by molar-refractivity contribution is 7.17. The van der Waals surface area contributed by atoms with Crippen molar-refractivity contribution in [1.29, 1.82) is 0 Å². The number of aromatic nitrogens is 1. The van der Waals surface area contributed by atoms with Crippen LogP contribution >= 0.6 is 11.3 Å². The van der Waals surface area contributed by atoms with E-state index in [1.165, 1.54) is 23.8 Å². The first-order valence-electron chi connectivity index (χ1n) is 7.70. The number of nitrogens with zero attached hydrogens (tertiary/aromatic N) is 1. The molecule has 2 rings (SSSR count). The van der Waals surface area contributed by atoms with Crippen LogP contribution in [0, 0.1) is 6.92 Å². The van der Waals surface area contributed by atoms with Crippen LogP contribution in [0.3, 0.4) is 0 Å². The van der Waals surface area contributed by atoms with Gasteiger partial charge < -0.3 is 4.74 Å². The number of hydrogen-bond donors (Lipinski definition) is 2. The van der Waals surface area contributed by atoms with Crippen LogP contribution in [0.5, 0.6) is 0 Å². The van der Waals surface area contributed by atoms with Crippen molar-refractivity contribution in [2.75, 3.05) is 6.61 Å². The van der Waals surface area contributed by atoms with Crippen molar-refractivity contribution < 1.29 is 19.1 Å². The van der Waals surface area contributed by atoms with Gasteiger partial charge in [0.1, 0.15) is 9.88 Å². The molecule has 1 heterocycles. The van der Waals surface area contributed by atoms with Gasteiger partial charge in [0.15, 0.2) is 6.61 Å². The molecular formula is C17H19N3O4S. The van der Waals surface area contributed by atoms with Crippen LogP contribution in [0.1, 0.15) is 34.8 Å².